The molecule has 3 aromatic carbocycles. The van der Waals surface area contributed by atoms with E-state index in [9.17, 15) is 9.59 Å². The normalized spacial score (nSPS) is 20.1. The SMILES string of the molecule is O=C(C=Cc1ccc(Cl)cc1)NC[C@@H]1CCN(CC(c2ccccc2)c2ccccc2)C(=O)[C@H](CN2CCCCC2)N1. The second kappa shape index (κ2) is 15.1. The van der Waals surface area contributed by atoms with Crippen molar-refractivity contribution in [2.45, 2.75) is 43.7 Å². The number of hydrogen-bond acceptors (Lipinski definition) is 4. The minimum absolute atomic E-state index is 0.00600. The van der Waals surface area contributed by atoms with Crippen LogP contribution in [-0.2, 0) is 9.59 Å². The molecule has 3 aromatic rings. The van der Waals surface area contributed by atoms with Gasteiger partial charge in [0.15, 0.2) is 0 Å². The van der Waals surface area contributed by atoms with Crippen molar-refractivity contribution in [3.63, 3.8) is 0 Å². The zero-order valence-electron chi connectivity index (χ0n) is 24.1. The number of likely N-dealkylation sites (tertiary alicyclic amines) is 1. The molecule has 2 fully saturated rings. The van der Waals surface area contributed by atoms with Crippen LogP contribution in [0.5, 0.6) is 0 Å². The Morgan fingerprint density at radius 1 is 0.905 bits per heavy atom. The van der Waals surface area contributed by atoms with Crippen LogP contribution in [-0.4, -0.2) is 73.0 Å². The van der Waals surface area contributed by atoms with Crippen LogP contribution in [0.25, 0.3) is 6.08 Å². The lowest BCUT2D eigenvalue weighted by molar-refractivity contribution is -0.133. The van der Waals surface area contributed by atoms with E-state index >= 15 is 0 Å². The highest BCUT2D eigenvalue weighted by Gasteiger charge is 2.34. The summed E-state index contributed by atoms with van der Waals surface area (Å²) in [6.07, 6.45) is 7.70. The van der Waals surface area contributed by atoms with Crippen LogP contribution in [0, 0.1) is 0 Å². The van der Waals surface area contributed by atoms with E-state index in [0.29, 0.717) is 31.2 Å². The average molecular weight is 585 g/mol. The number of amides is 2. The summed E-state index contributed by atoms with van der Waals surface area (Å²) in [7, 11) is 0. The summed E-state index contributed by atoms with van der Waals surface area (Å²) >= 11 is 5.97. The first-order valence-electron chi connectivity index (χ1n) is 15.1. The number of halogens is 1. The van der Waals surface area contributed by atoms with Gasteiger partial charge >= 0.3 is 0 Å². The molecule has 2 aliphatic rings. The molecule has 0 spiro atoms. The molecule has 7 heteroatoms. The zero-order chi connectivity index (χ0) is 29.1. The summed E-state index contributed by atoms with van der Waals surface area (Å²) < 4.78 is 0. The third-order valence-electron chi connectivity index (χ3n) is 8.31. The van der Waals surface area contributed by atoms with E-state index in [0.717, 1.165) is 25.1 Å². The molecule has 2 atom stereocenters. The fraction of sp³-hybridized carbons (Fsp3) is 0.371. The summed E-state index contributed by atoms with van der Waals surface area (Å²) in [6, 6.07) is 28.0. The van der Waals surface area contributed by atoms with Crippen molar-refractivity contribution in [1.29, 1.82) is 0 Å². The minimum atomic E-state index is -0.315. The van der Waals surface area contributed by atoms with Crippen molar-refractivity contribution in [2.24, 2.45) is 0 Å². The van der Waals surface area contributed by atoms with Crippen LogP contribution in [0.1, 0.15) is 48.3 Å². The molecule has 5 rings (SSSR count). The minimum Gasteiger partial charge on any atom is -0.351 e. The van der Waals surface area contributed by atoms with Gasteiger partial charge in [0.1, 0.15) is 0 Å². The molecular formula is C35H41ClN4O2. The van der Waals surface area contributed by atoms with Crippen LogP contribution < -0.4 is 10.6 Å². The monoisotopic (exact) mass is 584 g/mol. The predicted octanol–water partition coefficient (Wildman–Crippen LogP) is 5.35. The van der Waals surface area contributed by atoms with E-state index in [1.54, 1.807) is 24.3 Å². The van der Waals surface area contributed by atoms with Gasteiger partial charge in [-0.05, 0) is 67.3 Å². The Hall–Kier alpha value is -3.45. The maximum atomic E-state index is 14.1. The third kappa shape index (κ3) is 8.54. The molecule has 2 heterocycles. The highest BCUT2D eigenvalue weighted by atomic mass is 35.5. The number of carbonyl (C=O) groups excluding carboxylic acids is 2. The topological polar surface area (TPSA) is 64.7 Å². The Balaban J connectivity index is 1.29. The molecule has 0 aromatic heterocycles. The maximum Gasteiger partial charge on any atom is 0.244 e. The number of piperidine rings is 1. The van der Waals surface area contributed by atoms with E-state index in [-0.39, 0.29) is 29.8 Å². The second-order valence-corrected chi connectivity index (χ2v) is 11.8. The third-order valence-corrected chi connectivity index (χ3v) is 8.56. The van der Waals surface area contributed by atoms with Crippen LogP contribution in [0.3, 0.4) is 0 Å². The molecule has 2 amide bonds. The van der Waals surface area contributed by atoms with Gasteiger partial charge in [0.25, 0.3) is 0 Å². The molecule has 2 aliphatic heterocycles. The van der Waals surface area contributed by atoms with Gasteiger partial charge in [0, 0.05) is 49.2 Å². The number of benzene rings is 3. The molecule has 42 heavy (non-hydrogen) atoms. The molecule has 0 unspecified atom stereocenters. The largest absolute Gasteiger partial charge is 0.351 e. The van der Waals surface area contributed by atoms with Gasteiger partial charge < -0.3 is 20.4 Å². The number of nitrogens with zero attached hydrogens (tertiary/aromatic N) is 2. The number of rotatable bonds is 10. The van der Waals surface area contributed by atoms with Crippen molar-refractivity contribution >= 4 is 29.5 Å². The fourth-order valence-electron chi connectivity index (χ4n) is 5.98. The smallest absolute Gasteiger partial charge is 0.244 e. The highest BCUT2D eigenvalue weighted by molar-refractivity contribution is 6.30. The second-order valence-electron chi connectivity index (χ2n) is 11.4. The van der Waals surface area contributed by atoms with Gasteiger partial charge in [-0.3, -0.25) is 9.59 Å². The molecule has 0 bridgehead atoms. The van der Waals surface area contributed by atoms with E-state index in [2.05, 4.69) is 69.0 Å². The Labute approximate surface area is 254 Å². The average Bonchev–Trinajstić information content (AvgIpc) is 3.17. The number of hydrogen-bond donors (Lipinski definition) is 2. The Bertz CT molecular complexity index is 1270. The molecule has 2 N–H and O–H groups in total. The molecule has 0 saturated carbocycles. The molecular weight excluding hydrogens is 544 g/mol. The van der Waals surface area contributed by atoms with Crippen molar-refractivity contribution < 1.29 is 9.59 Å². The molecule has 0 radical (unpaired) electrons. The van der Waals surface area contributed by atoms with Gasteiger partial charge in [-0.2, -0.15) is 0 Å². The summed E-state index contributed by atoms with van der Waals surface area (Å²) in [6.45, 7) is 4.46. The molecule has 220 valence electrons. The van der Waals surface area contributed by atoms with Crippen molar-refractivity contribution in [2.75, 3.05) is 39.3 Å². The van der Waals surface area contributed by atoms with Gasteiger partial charge in [-0.25, -0.2) is 0 Å². The zero-order valence-corrected chi connectivity index (χ0v) is 24.9. The highest BCUT2D eigenvalue weighted by Crippen LogP contribution is 2.27. The number of nitrogens with one attached hydrogen (secondary N) is 2. The Morgan fingerprint density at radius 2 is 1.55 bits per heavy atom. The lowest BCUT2D eigenvalue weighted by atomic mass is 9.90. The fourth-order valence-corrected chi connectivity index (χ4v) is 6.10. The Morgan fingerprint density at radius 3 is 2.19 bits per heavy atom. The lowest BCUT2D eigenvalue weighted by Crippen LogP contribution is -2.54. The first-order chi connectivity index (χ1) is 20.5. The van der Waals surface area contributed by atoms with Gasteiger partial charge in [-0.15, -0.1) is 0 Å². The van der Waals surface area contributed by atoms with Gasteiger partial charge in [-0.1, -0.05) is 90.8 Å². The van der Waals surface area contributed by atoms with E-state index < -0.39 is 0 Å². The van der Waals surface area contributed by atoms with Gasteiger partial charge in [0.05, 0.1) is 6.04 Å². The van der Waals surface area contributed by atoms with Crippen LogP contribution >= 0.6 is 11.6 Å². The lowest BCUT2D eigenvalue weighted by Gasteiger charge is -2.33. The van der Waals surface area contributed by atoms with Crippen LogP contribution in [0.4, 0.5) is 0 Å². The molecule has 0 aliphatic carbocycles. The first-order valence-corrected chi connectivity index (χ1v) is 15.5. The molecule has 6 nitrogen and oxygen atoms in total. The van der Waals surface area contributed by atoms with Gasteiger partial charge in [0.2, 0.25) is 11.8 Å². The number of carbonyl (C=O) groups is 2. The van der Waals surface area contributed by atoms with Crippen LogP contribution in [0.15, 0.2) is 91.0 Å². The van der Waals surface area contributed by atoms with Crippen LogP contribution in [0.2, 0.25) is 5.02 Å². The summed E-state index contributed by atoms with van der Waals surface area (Å²) in [4.78, 5) is 31.2. The Kier molecular flexibility index (Phi) is 10.8. The first kappa shape index (κ1) is 30.0. The van der Waals surface area contributed by atoms with Crippen molar-refractivity contribution in [3.05, 3.63) is 113 Å². The predicted molar refractivity (Wildman–Crippen MR) is 170 cm³/mol. The summed E-state index contributed by atoms with van der Waals surface area (Å²) in [5.74, 6) is 0.0788. The van der Waals surface area contributed by atoms with Crippen molar-refractivity contribution in [1.82, 2.24) is 20.4 Å². The van der Waals surface area contributed by atoms with Crippen molar-refractivity contribution in [3.8, 4) is 0 Å². The quantitative estimate of drug-likeness (QED) is 0.316. The standard InChI is InChI=1S/C35H41ClN4O2/c36-30-17-14-27(15-18-30)16-19-34(41)37-24-31-20-23-40(35(42)33(38-31)26-39-21-8-3-9-22-39)25-32(28-10-4-1-5-11-28)29-12-6-2-7-13-29/h1-2,4-7,10-19,31-33,38H,3,8-9,20-26H2,(H,37,41)/t31-,33-/m0/s1. The van der Waals surface area contributed by atoms with E-state index in [4.69, 9.17) is 11.6 Å². The summed E-state index contributed by atoms with van der Waals surface area (Å²) in [5.41, 5.74) is 3.33. The van der Waals surface area contributed by atoms with E-state index in [1.807, 2.05) is 24.3 Å². The van der Waals surface area contributed by atoms with E-state index in [1.165, 1.54) is 30.4 Å². The summed E-state index contributed by atoms with van der Waals surface area (Å²) in [5, 5.41) is 7.36. The molecule has 2 saturated heterocycles. The maximum absolute atomic E-state index is 14.1.